The smallest absolute Gasteiger partial charge is 0.0413 e. The van der Waals surface area contributed by atoms with Crippen LogP contribution in [0.3, 0.4) is 0 Å². The topological polar surface area (TPSA) is 20.6 Å². The molecule has 2 unspecified atom stereocenters. The number of nitrogens with zero attached hydrogens (tertiary/aromatic N) is 3. The van der Waals surface area contributed by atoms with E-state index in [9.17, 15) is 0 Å². The number of hydrogen-bond acceptors (Lipinski definition) is 2. The Morgan fingerprint density at radius 1 is 1.12 bits per heavy atom. The van der Waals surface area contributed by atoms with Gasteiger partial charge in [-0.25, -0.2) is 5.32 Å². The van der Waals surface area contributed by atoms with Crippen molar-refractivity contribution in [2.75, 3.05) is 33.2 Å². The molecule has 2 saturated heterocycles. The maximum atomic E-state index is 4.92. The van der Waals surface area contributed by atoms with Gasteiger partial charge in [0.15, 0.2) is 0 Å². The zero-order valence-corrected chi connectivity index (χ0v) is 11.7. The Labute approximate surface area is 107 Å². The molecule has 0 aliphatic carbocycles. The molecule has 0 spiro atoms. The predicted octanol–water partition coefficient (Wildman–Crippen LogP) is 1.56. The van der Waals surface area contributed by atoms with Gasteiger partial charge in [0.05, 0.1) is 0 Å². The Morgan fingerprint density at radius 2 is 1.94 bits per heavy atom. The molecule has 0 N–H and O–H groups in total. The first-order chi connectivity index (χ1) is 8.18. The normalized spacial score (nSPS) is 33.9. The van der Waals surface area contributed by atoms with Gasteiger partial charge in [0.1, 0.15) is 0 Å². The average Bonchev–Trinajstić information content (AvgIpc) is 2.58. The van der Waals surface area contributed by atoms with Crippen LogP contribution in [0.5, 0.6) is 0 Å². The van der Waals surface area contributed by atoms with Gasteiger partial charge in [-0.1, -0.05) is 12.8 Å². The second-order valence-corrected chi connectivity index (χ2v) is 5.96. The van der Waals surface area contributed by atoms with E-state index in [4.69, 9.17) is 5.32 Å². The summed E-state index contributed by atoms with van der Waals surface area (Å²) in [5, 5.41) is 4.92. The molecule has 17 heavy (non-hydrogen) atoms. The van der Waals surface area contributed by atoms with Crippen molar-refractivity contribution in [3.05, 3.63) is 0 Å². The highest BCUT2D eigenvalue weighted by atomic mass is 15.3. The number of piperazine rings is 1. The lowest BCUT2D eigenvalue weighted by Crippen LogP contribution is -2.59. The molecular formula is C14H28N3. The van der Waals surface area contributed by atoms with Gasteiger partial charge in [-0.15, -0.1) is 0 Å². The van der Waals surface area contributed by atoms with E-state index in [1.54, 1.807) is 0 Å². The van der Waals surface area contributed by atoms with Gasteiger partial charge >= 0.3 is 0 Å². The fraction of sp³-hybridized carbons (Fsp3) is 1.00. The molecule has 0 amide bonds. The first kappa shape index (κ1) is 13.3. The van der Waals surface area contributed by atoms with Crippen molar-refractivity contribution in [3.8, 4) is 0 Å². The fourth-order valence-corrected chi connectivity index (χ4v) is 3.11. The summed E-state index contributed by atoms with van der Waals surface area (Å²) in [6, 6.07) is 1.92. The highest BCUT2D eigenvalue weighted by Crippen LogP contribution is 2.20. The highest BCUT2D eigenvalue weighted by Gasteiger charge is 2.32. The van der Waals surface area contributed by atoms with E-state index in [1.807, 2.05) is 0 Å². The molecule has 2 atom stereocenters. The summed E-state index contributed by atoms with van der Waals surface area (Å²) in [6.45, 7) is 9.35. The number of hydrogen-bond donors (Lipinski definition) is 0. The Morgan fingerprint density at radius 3 is 2.71 bits per heavy atom. The molecule has 2 aliphatic heterocycles. The lowest BCUT2D eigenvalue weighted by Gasteiger charge is -2.44. The Hall–Kier alpha value is -0.120. The summed E-state index contributed by atoms with van der Waals surface area (Å²) >= 11 is 0. The third-order valence-corrected chi connectivity index (χ3v) is 4.42. The van der Waals surface area contributed by atoms with E-state index in [2.05, 4.69) is 30.7 Å². The molecule has 0 aromatic heterocycles. The second kappa shape index (κ2) is 6.17. The first-order valence-electron chi connectivity index (χ1n) is 7.29. The van der Waals surface area contributed by atoms with Crippen molar-refractivity contribution >= 4 is 0 Å². The fourth-order valence-electron chi connectivity index (χ4n) is 3.11. The van der Waals surface area contributed by atoms with Crippen LogP contribution in [0.25, 0.3) is 0 Å². The van der Waals surface area contributed by atoms with E-state index in [-0.39, 0.29) is 0 Å². The molecule has 2 rings (SSSR count). The van der Waals surface area contributed by atoms with Gasteiger partial charge in [-0.3, -0.25) is 9.80 Å². The standard InChI is InChI=1S/C14H28N3/c1-12(2)17-10-9-16(3)14(11-17)13-7-5-4-6-8-15-13/h12-14H,4-11H2,1-3H3. The molecule has 2 aliphatic rings. The second-order valence-electron chi connectivity index (χ2n) is 5.96. The van der Waals surface area contributed by atoms with Crippen LogP contribution >= 0.6 is 0 Å². The van der Waals surface area contributed by atoms with E-state index in [0.29, 0.717) is 18.1 Å². The minimum Gasteiger partial charge on any atom is -0.299 e. The van der Waals surface area contributed by atoms with Gasteiger partial charge in [0, 0.05) is 44.3 Å². The van der Waals surface area contributed by atoms with Crippen molar-refractivity contribution in [1.82, 2.24) is 15.1 Å². The van der Waals surface area contributed by atoms with Crippen LogP contribution in [0.4, 0.5) is 0 Å². The van der Waals surface area contributed by atoms with Crippen molar-refractivity contribution in [2.45, 2.75) is 57.7 Å². The molecule has 0 aromatic rings. The van der Waals surface area contributed by atoms with Crippen LogP contribution < -0.4 is 5.32 Å². The summed E-state index contributed by atoms with van der Waals surface area (Å²) in [4.78, 5) is 5.16. The Bertz CT molecular complexity index is 222. The molecule has 0 aromatic carbocycles. The molecule has 0 saturated carbocycles. The van der Waals surface area contributed by atoms with Crippen LogP contribution in [-0.2, 0) is 0 Å². The molecular weight excluding hydrogens is 210 g/mol. The van der Waals surface area contributed by atoms with Crippen molar-refractivity contribution in [1.29, 1.82) is 0 Å². The lowest BCUT2D eigenvalue weighted by atomic mass is 9.98. The Balaban J connectivity index is 1.95. The quantitative estimate of drug-likeness (QED) is 0.728. The van der Waals surface area contributed by atoms with Gasteiger partial charge in [0.2, 0.25) is 0 Å². The molecule has 3 nitrogen and oxygen atoms in total. The van der Waals surface area contributed by atoms with Crippen molar-refractivity contribution < 1.29 is 0 Å². The summed E-state index contributed by atoms with van der Waals surface area (Å²) in [5.41, 5.74) is 0. The van der Waals surface area contributed by atoms with E-state index < -0.39 is 0 Å². The SMILES string of the molecule is CC(C)N1CCN(C)C(C2CCCCC[N]2)C1. The third kappa shape index (κ3) is 3.43. The zero-order valence-electron chi connectivity index (χ0n) is 11.7. The maximum Gasteiger partial charge on any atom is 0.0413 e. The Kier molecular flexibility index (Phi) is 4.83. The van der Waals surface area contributed by atoms with Crippen LogP contribution in [0.1, 0.15) is 39.5 Å². The minimum atomic E-state index is 0.587. The summed E-state index contributed by atoms with van der Waals surface area (Å²) in [7, 11) is 2.28. The molecule has 99 valence electrons. The van der Waals surface area contributed by atoms with Crippen LogP contribution in [0.15, 0.2) is 0 Å². The minimum absolute atomic E-state index is 0.587. The number of likely N-dealkylation sites (N-methyl/N-ethyl adjacent to an activating group) is 1. The highest BCUT2D eigenvalue weighted by molar-refractivity contribution is 4.91. The molecule has 2 heterocycles. The maximum absolute atomic E-state index is 4.92. The molecule has 0 bridgehead atoms. The monoisotopic (exact) mass is 238 g/mol. The van der Waals surface area contributed by atoms with Gasteiger partial charge in [-0.2, -0.15) is 0 Å². The average molecular weight is 238 g/mol. The summed E-state index contributed by atoms with van der Waals surface area (Å²) in [5.74, 6) is 0. The van der Waals surface area contributed by atoms with Crippen molar-refractivity contribution in [2.24, 2.45) is 0 Å². The van der Waals surface area contributed by atoms with Gasteiger partial charge < -0.3 is 0 Å². The van der Waals surface area contributed by atoms with Gasteiger partial charge in [-0.05, 0) is 33.7 Å². The molecule has 2 fully saturated rings. The summed E-state index contributed by atoms with van der Waals surface area (Å²) < 4.78 is 0. The van der Waals surface area contributed by atoms with E-state index >= 15 is 0 Å². The zero-order chi connectivity index (χ0) is 12.3. The van der Waals surface area contributed by atoms with Gasteiger partial charge in [0.25, 0.3) is 0 Å². The lowest BCUT2D eigenvalue weighted by molar-refractivity contribution is 0.0532. The summed E-state index contributed by atoms with van der Waals surface area (Å²) in [6.07, 6.45) is 5.37. The van der Waals surface area contributed by atoms with E-state index in [0.717, 1.165) is 6.54 Å². The first-order valence-corrected chi connectivity index (χ1v) is 7.29. The van der Waals surface area contributed by atoms with Crippen molar-refractivity contribution in [3.63, 3.8) is 0 Å². The largest absolute Gasteiger partial charge is 0.299 e. The van der Waals surface area contributed by atoms with Crippen LogP contribution in [0, 0.1) is 0 Å². The number of rotatable bonds is 2. The van der Waals surface area contributed by atoms with E-state index in [1.165, 1.54) is 45.3 Å². The third-order valence-electron chi connectivity index (χ3n) is 4.42. The molecule has 1 radical (unpaired) electrons. The van der Waals surface area contributed by atoms with Crippen LogP contribution in [0.2, 0.25) is 0 Å². The van der Waals surface area contributed by atoms with Crippen LogP contribution in [-0.4, -0.2) is 61.2 Å². The molecule has 3 heteroatoms. The predicted molar refractivity (Wildman–Crippen MR) is 72.4 cm³/mol.